The molecule has 4 heteroatoms. The van der Waals surface area contributed by atoms with Crippen LogP contribution in [0.5, 0.6) is 0 Å². The van der Waals surface area contributed by atoms with Gasteiger partial charge in [-0.05, 0) is 23.8 Å². The minimum Gasteiger partial charge on any atom is -0.464 e. The van der Waals surface area contributed by atoms with Crippen molar-refractivity contribution in [3.8, 4) is 11.1 Å². The average molecular weight is 286 g/mol. The van der Waals surface area contributed by atoms with Gasteiger partial charge in [0.15, 0.2) is 9.84 Å². The van der Waals surface area contributed by atoms with Crippen molar-refractivity contribution in [3.05, 3.63) is 54.8 Å². The Bertz CT molecular complexity index is 843. The number of fused-ring (bicyclic) bond motifs is 1. The van der Waals surface area contributed by atoms with Gasteiger partial charge in [-0.1, -0.05) is 37.3 Å². The Labute approximate surface area is 117 Å². The highest BCUT2D eigenvalue weighted by Crippen LogP contribution is 2.30. The standard InChI is InChI=1S/C16H14O3S/c1-2-20(17,18)14-8-6-12(7-9-14)15-5-3-4-13-10-11-19-16(13)15/h3-11H,2H2,1H3. The van der Waals surface area contributed by atoms with Crippen molar-refractivity contribution < 1.29 is 12.8 Å². The van der Waals surface area contributed by atoms with Crippen LogP contribution in [0, 0.1) is 0 Å². The van der Waals surface area contributed by atoms with Gasteiger partial charge in [-0.15, -0.1) is 0 Å². The normalized spacial score (nSPS) is 11.8. The maximum absolute atomic E-state index is 11.8. The Kier molecular flexibility index (Phi) is 3.10. The number of benzene rings is 2. The van der Waals surface area contributed by atoms with Gasteiger partial charge in [0.1, 0.15) is 5.58 Å². The predicted octanol–water partition coefficient (Wildman–Crippen LogP) is 3.89. The van der Waals surface area contributed by atoms with E-state index >= 15 is 0 Å². The first kappa shape index (κ1) is 12.9. The van der Waals surface area contributed by atoms with Gasteiger partial charge in [-0.25, -0.2) is 8.42 Å². The third-order valence-corrected chi connectivity index (χ3v) is 5.13. The highest BCUT2D eigenvalue weighted by molar-refractivity contribution is 7.91. The van der Waals surface area contributed by atoms with E-state index in [1.54, 1.807) is 25.3 Å². The van der Waals surface area contributed by atoms with E-state index < -0.39 is 9.84 Å². The van der Waals surface area contributed by atoms with E-state index in [1.807, 2.05) is 36.4 Å². The van der Waals surface area contributed by atoms with Crippen molar-refractivity contribution in [2.45, 2.75) is 11.8 Å². The second-order valence-electron chi connectivity index (χ2n) is 4.57. The maximum atomic E-state index is 11.8. The minimum atomic E-state index is -3.15. The molecule has 0 N–H and O–H groups in total. The molecule has 0 aliphatic carbocycles. The van der Waals surface area contributed by atoms with Crippen LogP contribution in [0.3, 0.4) is 0 Å². The number of sulfone groups is 1. The summed E-state index contributed by atoms with van der Waals surface area (Å²) in [5.41, 5.74) is 2.73. The molecule has 3 nitrogen and oxygen atoms in total. The summed E-state index contributed by atoms with van der Waals surface area (Å²) in [7, 11) is -3.15. The Hall–Kier alpha value is -2.07. The Morgan fingerprint density at radius 3 is 2.45 bits per heavy atom. The molecule has 0 radical (unpaired) electrons. The molecule has 1 heterocycles. The number of para-hydroxylation sites is 1. The minimum absolute atomic E-state index is 0.111. The molecule has 0 aliphatic rings. The molecule has 0 amide bonds. The molecule has 1 aromatic heterocycles. The predicted molar refractivity (Wildman–Crippen MR) is 79.4 cm³/mol. The first-order chi connectivity index (χ1) is 9.62. The second kappa shape index (κ2) is 4.80. The van der Waals surface area contributed by atoms with Crippen LogP contribution in [0.25, 0.3) is 22.1 Å². The summed E-state index contributed by atoms with van der Waals surface area (Å²) in [6.07, 6.45) is 1.66. The maximum Gasteiger partial charge on any atom is 0.178 e. The highest BCUT2D eigenvalue weighted by Gasteiger charge is 2.12. The third-order valence-electron chi connectivity index (χ3n) is 3.38. The van der Waals surface area contributed by atoms with Gasteiger partial charge in [0.2, 0.25) is 0 Å². The smallest absolute Gasteiger partial charge is 0.178 e. The van der Waals surface area contributed by atoms with E-state index in [-0.39, 0.29) is 5.75 Å². The highest BCUT2D eigenvalue weighted by atomic mass is 32.2. The van der Waals surface area contributed by atoms with Crippen molar-refractivity contribution in [1.82, 2.24) is 0 Å². The summed E-state index contributed by atoms with van der Waals surface area (Å²) < 4.78 is 29.1. The van der Waals surface area contributed by atoms with Crippen LogP contribution < -0.4 is 0 Å². The largest absolute Gasteiger partial charge is 0.464 e. The van der Waals surface area contributed by atoms with Crippen LogP contribution in [0.2, 0.25) is 0 Å². The molecule has 2 aromatic carbocycles. The quantitative estimate of drug-likeness (QED) is 0.733. The van der Waals surface area contributed by atoms with Gasteiger partial charge >= 0.3 is 0 Å². The van der Waals surface area contributed by atoms with E-state index in [9.17, 15) is 8.42 Å². The van der Waals surface area contributed by atoms with E-state index in [2.05, 4.69) is 0 Å². The fraction of sp³-hybridized carbons (Fsp3) is 0.125. The molecule has 0 atom stereocenters. The second-order valence-corrected chi connectivity index (χ2v) is 6.85. The molecule has 0 unspecified atom stereocenters. The molecule has 0 saturated heterocycles. The van der Waals surface area contributed by atoms with Gasteiger partial charge in [0.25, 0.3) is 0 Å². The Morgan fingerprint density at radius 2 is 1.75 bits per heavy atom. The first-order valence-electron chi connectivity index (χ1n) is 6.41. The zero-order valence-corrected chi connectivity index (χ0v) is 11.9. The zero-order chi connectivity index (χ0) is 14.2. The number of hydrogen-bond donors (Lipinski definition) is 0. The van der Waals surface area contributed by atoms with Crippen molar-refractivity contribution in [1.29, 1.82) is 0 Å². The summed E-state index contributed by atoms with van der Waals surface area (Å²) in [6.45, 7) is 1.65. The summed E-state index contributed by atoms with van der Waals surface area (Å²) in [5, 5.41) is 1.03. The van der Waals surface area contributed by atoms with Crippen LogP contribution in [0.1, 0.15) is 6.92 Å². The fourth-order valence-corrected chi connectivity index (χ4v) is 3.11. The van der Waals surface area contributed by atoms with E-state index in [0.29, 0.717) is 4.90 Å². The number of furan rings is 1. The molecule has 0 saturated carbocycles. The molecular weight excluding hydrogens is 272 g/mol. The molecule has 3 aromatic rings. The lowest BCUT2D eigenvalue weighted by atomic mass is 10.0. The molecular formula is C16H14O3S. The lowest BCUT2D eigenvalue weighted by molar-refractivity contribution is 0.597. The summed E-state index contributed by atoms with van der Waals surface area (Å²) in [6, 6.07) is 14.8. The molecule has 0 aliphatic heterocycles. The number of rotatable bonds is 3. The van der Waals surface area contributed by atoms with Crippen molar-refractivity contribution >= 4 is 20.8 Å². The monoisotopic (exact) mass is 286 g/mol. The van der Waals surface area contributed by atoms with Gasteiger partial charge in [-0.3, -0.25) is 0 Å². The molecule has 0 bridgehead atoms. The Balaban J connectivity index is 2.10. The lowest BCUT2D eigenvalue weighted by Gasteiger charge is -2.05. The van der Waals surface area contributed by atoms with Crippen LogP contribution in [-0.4, -0.2) is 14.2 Å². The van der Waals surface area contributed by atoms with E-state index in [0.717, 1.165) is 22.1 Å². The van der Waals surface area contributed by atoms with Gasteiger partial charge in [0, 0.05) is 10.9 Å². The summed E-state index contributed by atoms with van der Waals surface area (Å²) in [5.74, 6) is 0.111. The van der Waals surface area contributed by atoms with Crippen molar-refractivity contribution in [2.24, 2.45) is 0 Å². The summed E-state index contributed by atoms with van der Waals surface area (Å²) >= 11 is 0. The lowest BCUT2D eigenvalue weighted by Crippen LogP contribution is -2.03. The topological polar surface area (TPSA) is 47.3 Å². The summed E-state index contributed by atoms with van der Waals surface area (Å²) in [4.78, 5) is 0.357. The molecule has 102 valence electrons. The van der Waals surface area contributed by atoms with Gasteiger partial charge < -0.3 is 4.42 Å². The van der Waals surface area contributed by atoms with Crippen molar-refractivity contribution in [3.63, 3.8) is 0 Å². The molecule has 0 fully saturated rings. The van der Waals surface area contributed by atoms with Crippen LogP contribution in [0.4, 0.5) is 0 Å². The third kappa shape index (κ3) is 2.12. The average Bonchev–Trinajstić information content (AvgIpc) is 2.95. The Morgan fingerprint density at radius 1 is 1.00 bits per heavy atom. The van der Waals surface area contributed by atoms with E-state index in [4.69, 9.17) is 4.42 Å². The van der Waals surface area contributed by atoms with Gasteiger partial charge in [-0.2, -0.15) is 0 Å². The van der Waals surface area contributed by atoms with Crippen molar-refractivity contribution in [2.75, 3.05) is 5.75 Å². The molecule has 3 rings (SSSR count). The molecule has 0 spiro atoms. The zero-order valence-electron chi connectivity index (χ0n) is 11.0. The van der Waals surface area contributed by atoms with Crippen LogP contribution in [-0.2, 0) is 9.84 Å². The van der Waals surface area contributed by atoms with Gasteiger partial charge in [0.05, 0.1) is 16.9 Å². The SMILES string of the molecule is CCS(=O)(=O)c1ccc(-c2cccc3ccoc23)cc1. The molecule has 20 heavy (non-hydrogen) atoms. The van der Waals surface area contributed by atoms with E-state index in [1.165, 1.54) is 0 Å². The fourth-order valence-electron chi connectivity index (χ4n) is 2.23. The van der Waals surface area contributed by atoms with Crippen LogP contribution in [0.15, 0.2) is 64.1 Å². The number of hydrogen-bond acceptors (Lipinski definition) is 3. The first-order valence-corrected chi connectivity index (χ1v) is 8.06. The van der Waals surface area contributed by atoms with Crippen LogP contribution >= 0.6 is 0 Å².